The molecule has 3 nitrogen and oxygen atoms in total. The van der Waals surface area contributed by atoms with Crippen LogP contribution >= 0.6 is 0 Å². The van der Waals surface area contributed by atoms with Crippen molar-refractivity contribution in [3.63, 3.8) is 0 Å². The molecule has 0 aromatic carbocycles. The Morgan fingerprint density at radius 2 is 1.82 bits per heavy atom. The molecule has 0 unspecified atom stereocenters. The Kier molecular flexibility index (Phi) is 1.14. The minimum Gasteiger partial charge on any atom is -0.369 e. The van der Waals surface area contributed by atoms with Crippen molar-refractivity contribution in [1.29, 1.82) is 0 Å². The fourth-order valence-corrected chi connectivity index (χ4v) is 1.48. The molecular weight excluding hydrogens is 142 g/mol. The van der Waals surface area contributed by atoms with Gasteiger partial charge in [-0.05, 0) is 25.7 Å². The van der Waals surface area contributed by atoms with Crippen LogP contribution in [0, 0.1) is 11.3 Å². The van der Waals surface area contributed by atoms with Crippen LogP contribution in [0.15, 0.2) is 0 Å². The zero-order chi connectivity index (χ0) is 8.06. The van der Waals surface area contributed by atoms with E-state index in [1.54, 1.807) is 0 Å². The Bertz CT molecular complexity index is 226. The molecule has 1 amide bonds. The van der Waals surface area contributed by atoms with E-state index in [0.717, 1.165) is 12.8 Å². The predicted molar refractivity (Wildman–Crippen MR) is 38.6 cm³/mol. The van der Waals surface area contributed by atoms with E-state index in [2.05, 4.69) is 0 Å². The van der Waals surface area contributed by atoms with Crippen LogP contribution in [0.25, 0.3) is 0 Å². The molecule has 2 rings (SSSR count). The van der Waals surface area contributed by atoms with Gasteiger partial charge in [-0.3, -0.25) is 9.59 Å². The van der Waals surface area contributed by atoms with Crippen molar-refractivity contribution in [2.75, 3.05) is 0 Å². The van der Waals surface area contributed by atoms with Gasteiger partial charge in [0.25, 0.3) is 0 Å². The molecule has 0 spiro atoms. The zero-order valence-electron chi connectivity index (χ0n) is 6.30. The Morgan fingerprint density at radius 1 is 1.27 bits per heavy atom. The lowest BCUT2D eigenvalue weighted by molar-refractivity contribution is -0.134. The fourth-order valence-electron chi connectivity index (χ4n) is 1.48. The lowest BCUT2D eigenvalue weighted by atomic mass is 9.97. The summed E-state index contributed by atoms with van der Waals surface area (Å²) in [6, 6.07) is 0. The molecule has 2 N–H and O–H groups in total. The summed E-state index contributed by atoms with van der Waals surface area (Å²) >= 11 is 0. The number of hydrogen-bond acceptors (Lipinski definition) is 2. The number of carbonyl (C=O) groups is 2. The van der Waals surface area contributed by atoms with Crippen molar-refractivity contribution >= 4 is 11.7 Å². The molecule has 3 heteroatoms. The molecule has 0 bridgehead atoms. The first kappa shape index (κ1) is 6.83. The second kappa shape index (κ2) is 1.84. The zero-order valence-corrected chi connectivity index (χ0v) is 6.30. The first-order chi connectivity index (χ1) is 5.17. The van der Waals surface area contributed by atoms with E-state index in [9.17, 15) is 9.59 Å². The number of primary amides is 1. The third-order valence-electron chi connectivity index (χ3n) is 2.64. The predicted octanol–water partition coefficient (Wildman–Crippen LogP) is 0.231. The van der Waals surface area contributed by atoms with Crippen LogP contribution in [0.3, 0.4) is 0 Å². The summed E-state index contributed by atoms with van der Waals surface area (Å²) in [5, 5.41) is 0. The Hall–Kier alpha value is -0.860. The van der Waals surface area contributed by atoms with Crippen molar-refractivity contribution in [2.45, 2.75) is 25.7 Å². The normalized spacial score (nSPS) is 26.2. The molecule has 2 aliphatic rings. The maximum atomic E-state index is 11.4. The molecule has 0 radical (unpaired) electrons. The highest BCUT2D eigenvalue weighted by Crippen LogP contribution is 2.51. The van der Waals surface area contributed by atoms with Crippen LogP contribution < -0.4 is 5.73 Å². The van der Waals surface area contributed by atoms with E-state index in [0.29, 0.717) is 12.8 Å². The summed E-state index contributed by atoms with van der Waals surface area (Å²) in [7, 11) is 0. The molecule has 60 valence electrons. The van der Waals surface area contributed by atoms with Crippen LogP contribution in [0.1, 0.15) is 25.7 Å². The number of rotatable bonds is 3. The minimum absolute atomic E-state index is 0.116. The molecule has 0 aromatic heterocycles. The Labute approximate surface area is 64.9 Å². The van der Waals surface area contributed by atoms with Gasteiger partial charge in [-0.2, -0.15) is 0 Å². The molecule has 2 saturated carbocycles. The number of hydrogen-bond donors (Lipinski definition) is 1. The van der Waals surface area contributed by atoms with Gasteiger partial charge in [0.2, 0.25) is 5.91 Å². The maximum Gasteiger partial charge on any atom is 0.231 e. The van der Waals surface area contributed by atoms with Crippen molar-refractivity contribution in [1.82, 2.24) is 0 Å². The van der Waals surface area contributed by atoms with E-state index < -0.39 is 11.3 Å². The van der Waals surface area contributed by atoms with Gasteiger partial charge in [-0.15, -0.1) is 0 Å². The molecule has 0 aliphatic heterocycles. The SMILES string of the molecule is NC(=O)C1(C(=O)C2CC2)CC1. The first-order valence-corrected chi connectivity index (χ1v) is 4.01. The van der Waals surface area contributed by atoms with Crippen molar-refractivity contribution < 1.29 is 9.59 Å². The fraction of sp³-hybridized carbons (Fsp3) is 0.750. The Morgan fingerprint density at radius 3 is 2.09 bits per heavy atom. The molecular formula is C8H11NO2. The van der Waals surface area contributed by atoms with Crippen LogP contribution in [0.4, 0.5) is 0 Å². The highest BCUT2D eigenvalue weighted by molar-refractivity contribution is 6.09. The Balaban J connectivity index is 2.13. The van der Waals surface area contributed by atoms with Crippen LogP contribution in [0.5, 0.6) is 0 Å². The van der Waals surface area contributed by atoms with Crippen molar-refractivity contribution in [2.24, 2.45) is 17.1 Å². The van der Waals surface area contributed by atoms with E-state index in [-0.39, 0.29) is 11.7 Å². The molecule has 0 aromatic rings. The number of amides is 1. The van der Waals surface area contributed by atoms with Gasteiger partial charge in [0.1, 0.15) is 5.41 Å². The number of nitrogens with two attached hydrogens (primary N) is 1. The average Bonchev–Trinajstić information content (AvgIpc) is 2.84. The number of ketones is 1. The van der Waals surface area contributed by atoms with Gasteiger partial charge in [0, 0.05) is 5.92 Å². The largest absolute Gasteiger partial charge is 0.369 e. The summed E-state index contributed by atoms with van der Waals surface area (Å²) in [6.45, 7) is 0. The summed E-state index contributed by atoms with van der Waals surface area (Å²) in [4.78, 5) is 22.3. The monoisotopic (exact) mass is 153 g/mol. The van der Waals surface area contributed by atoms with Crippen LogP contribution in [-0.2, 0) is 9.59 Å². The van der Waals surface area contributed by atoms with E-state index in [1.807, 2.05) is 0 Å². The first-order valence-electron chi connectivity index (χ1n) is 4.01. The summed E-state index contributed by atoms with van der Waals surface area (Å²) in [5.74, 6) is -0.121. The molecule has 2 fully saturated rings. The van der Waals surface area contributed by atoms with Crippen LogP contribution in [0.2, 0.25) is 0 Å². The van der Waals surface area contributed by atoms with Gasteiger partial charge in [0.15, 0.2) is 5.78 Å². The minimum atomic E-state index is -0.707. The maximum absolute atomic E-state index is 11.4. The smallest absolute Gasteiger partial charge is 0.231 e. The highest BCUT2D eigenvalue weighted by atomic mass is 16.2. The quantitative estimate of drug-likeness (QED) is 0.590. The molecule has 0 heterocycles. The third-order valence-corrected chi connectivity index (χ3v) is 2.64. The number of carbonyl (C=O) groups excluding carboxylic acids is 2. The molecule has 11 heavy (non-hydrogen) atoms. The van der Waals surface area contributed by atoms with Crippen molar-refractivity contribution in [3.05, 3.63) is 0 Å². The van der Waals surface area contributed by atoms with Gasteiger partial charge in [-0.25, -0.2) is 0 Å². The lowest BCUT2D eigenvalue weighted by Crippen LogP contribution is -2.33. The van der Waals surface area contributed by atoms with E-state index in [1.165, 1.54) is 0 Å². The summed E-state index contributed by atoms with van der Waals surface area (Å²) in [5.41, 5.74) is 4.43. The molecule has 0 atom stereocenters. The summed E-state index contributed by atoms with van der Waals surface area (Å²) in [6.07, 6.45) is 3.32. The topological polar surface area (TPSA) is 60.2 Å². The second-order valence-corrected chi connectivity index (χ2v) is 3.58. The number of Topliss-reactive ketones (excluding diaryl/α,β-unsaturated/α-hetero) is 1. The molecule has 0 saturated heterocycles. The average molecular weight is 153 g/mol. The van der Waals surface area contributed by atoms with Crippen LogP contribution in [-0.4, -0.2) is 11.7 Å². The van der Waals surface area contributed by atoms with Gasteiger partial charge in [-0.1, -0.05) is 0 Å². The van der Waals surface area contributed by atoms with Gasteiger partial charge >= 0.3 is 0 Å². The third kappa shape index (κ3) is 0.870. The second-order valence-electron chi connectivity index (χ2n) is 3.58. The summed E-state index contributed by atoms with van der Waals surface area (Å²) < 4.78 is 0. The molecule has 2 aliphatic carbocycles. The van der Waals surface area contributed by atoms with E-state index >= 15 is 0 Å². The van der Waals surface area contributed by atoms with Gasteiger partial charge < -0.3 is 5.73 Å². The van der Waals surface area contributed by atoms with Crippen molar-refractivity contribution in [3.8, 4) is 0 Å². The lowest BCUT2D eigenvalue weighted by Gasteiger charge is -2.06. The highest BCUT2D eigenvalue weighted by Gasteiger charge is 2.58. The van der Waals surface area contributed by atoms with E-state index in [4.69, 9.17) is 5.73 Å². The standard InChI is InChI=1S/C8H11NO2/c9-7(11)8(3-4-8)6(10)5-1-2-5/h5H,1-4H2,(H2,9,11). The van der Waals surface area contributed by atoms with Gasteiger partial charge in [0.05, 0.1) is 0 Å².